The number of aryl methyl sites for hydroxylation is 1. The standard InChI is InChI=1S/C24H26N6O2/c1-4-5-14-30-16(2)22(24(31)32-3)21(27-30)15-17-10-12-18(13-11-17)19-8-6-7-9-20(19)23-25-28-29-26-23/h6-13H,4-5,14-15H2,1-3H3,(H,25,26,28,29). The van der Waals surface area contributed by atoms with E-state index in [1.54, 1.807) is 0 Å². The zero-order valence-electron chi connectivity index (χ0n) is 18.5. The van der Waals surface area contributed by atoms with Crippen LogP contribution in [0.15, 0.2) is 48.5 Å². The molecule has 0 aliphatic rings. The molecule has 2 heterocycles. The van der Waals surface area contributed by atoms with Crippen LogP contribution in [-0.4, -0.2) is 43.5 Å². The molecule has 0 aliphatic heterocycles. The monoisotopic (exact) mass is 430 g/mol. The number of esters is 1. The van der Waals surface area contributed by atoms with Gasteiger partial charge in [0.05, 0.1) is 18.5 Å². The van der Waals surface area contributed by atoms with Crippen LogP contribution in [0, 0.1) is 6.92 Å². The predicted molar refractivity (Wildman–Crippen MR) is 121 cm³/mol. The second kappa shape index (κ2) is 9.55. The third-order valence-corrected chi connectivity index (χ3v) is 5.54. The third kappa shape index (κ3) is 4.30. The Morgan fingerprint density at radius 3 is 2.50 bits per heavy atom. The van der Waals surface area contributed by atoms with Crippen LogP contribution in [0.3, 0.4) is 0 Å². The Balaban J connectivity index is 1.62. The van der Waals surface area contributed by atoms with Crippen LogP contribution in [0.2, 0.25) is 0 Å². The van der Waals surface area contributed by atoms with E-state index in [4.69, 9.17) is 9.84 Å². The minimum atomic E-state index is -0.342. The van der Waals surface area contributed by atoms with Crippen molar-refractivity contribution < 1.29 is 9.53 Å². The molecule has 0 bridgehead atoms. The fourth-order valence-corrected chi connectivity index (χ4v) is 3.83. The lowest BCUT2D eigenvalue weighted by molar-refractivity contribution is 0.0598. The van der Waals surface area contributed by atoms with Crippen LogP contribution < -0.4 is 0 Å². The highest BCUT2D eigenvalue weighted by molar-refractivity contribution is 5.92. The SMILES string of the molecule is CCCCn1nc(Cc2ccc(-c3ccccc3-c3nn[nH]n3)cc2)c(C(=O)OC)c1C. The van der Waals surface area contributed by atoms with Gasteiger partial charge < -0.3 is 4.74 Å². The average molecular weight is 431 g/mol. The first-order valence-electron chi connectivity index (χ1n) is 10.7. The zero-order chi connectivity index (χ0) is 22.5. The van der Waals surface area contributed by atoms with Crippen LogP contribution in [0.4, 0.5) is 0 Å². The van der Waals surface area contributed by atoms with Crippen LogP contribution >= 0.6 is 0 Å². The van der Waals surface area contributed by atoms with Gasteiger partial charge in [0, 0.05) is 18.5 Å². The van der Waals surface area contributed by atoms with Gasteiger partial charge in [-0.2, -0.15) is 10.3 Å². The van der Waals surface area contributed by atoms with Gasteiger partial charge in [-0.25, -0.2) is 4.79 Å². The second-order valence-electron chi connectivity index (χ2n) is 7.63. The normalized spacial score (nSPS) is 11.0. The molecule has 8 nitrogen and oxygen atoms in total. The Hall–Kier alpha value is -3.81. The highest BCUT2D eigenvalue weighted by Crippen LogP contribution is 2.30. The highest BCUT2D eigenvalue weighted by atomic mass is 16.5. The predicted octanol–water partition coefficient (Wildman–Crippen LogP) is 4.22. The maximum Gasteiger partial charge on any atom is 0.341 e. The van der Waals surface area contributed by atoms with Gasteiger partial charge in [0.15, 0.2) is 0 Å². The van der Waals surface area contributed by atoms with Gasteiger partial charge in [-0.1, -0.05) is 61.9 Å². The van der Waals surface area contributed by atoms with E-state index in [0.29, 0.717) is 17.8 Å². The van der Waals surface area contributed by atoms with Crippen LogP contribution in [-0.2, 0) is 17.7 Å². The van der Waals surface area contributed by atoms with Crippen molar-refractivity contribution in [3.05, 3.63) is 71.0 Å². The summed E-state index contributed by atoms with van der Waals surface area (Å²) in [6.07, 6.45) is 2.63. The second-order valence-corrected chi connectivity index (χ2v) is 7.63. The summed E-state index contributed by atoms with van der Waals surface area (Å²) < 4.78 is 6.94. The first-order valence-corrected chi connectivity index (χ1v) is 10.7. The summed E-state index contributed by atoms with van der Waals surface area (Å²) in [7, 11) is 1.41. The molecule has 2 aromatic heterocycles. The number of aromatic amines is 1. The number of carbonyl (C=O) groups is 1. The summed E-state index contributed by atoms with van der Waals surface area (Å²) in [5, 5.41) is 19.1. The van der Waals surface area contributed by atoms with E-state index in [-0.39, 0.29) is 5.97 Å². The molecular weight excluding hydrogens is 404 g/mol. The number of hydrogen-bond donors (Lipinski definition) is 1. The van der Waals surface area contributed by atoms with Crippen molar-refractivity contribution in [1.82, 2.24) is 30.4 Å². The van der Waals surface area contributed by atoms with Crippen LogP contribution in [0.1, 0.15) is 47.1 Å². The Morgan fingerprint density at radius 1 is 1.09 bits per heavy atom. The summed E-state index contributed by atoms with van der Waals surface area (Å²) in [6.45, 7) is 4.86. The van der Waals surface area contributed by atoms with E-state index in [1.165, 1.54) is 7.11 Å². The fraction of sp³-hybridized carbons (Fsp3) is 0.292. The molecule has 4 rings (SSSR count). The highest BCUT2D eigenvalue weighted by Gasteiger charge is 2.22. The molecule has 0 fully saturated rings. The number of aromatic nitrogens is 6. The Bertz CT molecular complexity index is 1200. The van der Waals surface area contributed by atoms with Gasteiger partial charge >= 0.3 is 5.97 Å². The molecule has 0 radical (unpaired) electrons. The first-order chi connectivity index (χ1) is 15.6. The van der Waals surface area contributed by atoms with Gasteiger partial charge in [-0.15, -0.1) is 10.2 Å². The Labute approximate surface area is 186 Å². The number of carbonyl (C=O) groups excluding carboxylic acids is 1. The number of unbranched alkanes of at least 4 members (excludes halogenated alkanes) is 1. The number of nitrogens with one attached hydrogen (secondary N) is 1. The number of ether oxygens (including phenoxy) is 1. The summed E-state index contributed by atoms with van der Waals surface area (Å²) >= 11 is 0. The summed E-state index contributed by atoms with van der Waals surface area (Å²) in [5.41, 5.74) is 6.21. The van der Waals surface area contributed by atoms with Crippen LogP contribution in [0.25, 0.3) is 22.5 Å². The lowest BCUT2D eigenvalue weighted by atomic mass is 9.97. The quantitative estimate of drug-likeness (QED) is 0.420. The van der Waals surface area contributed by atoms with Crippen molar-refractivity contribution in [3.63, 3.8) is 0 Å². The molecule has 1 N–H and O–H groups in total. The van der Waals surface area contributed by atoms with E-state index >= 15 is 0 Å². The van der Waals surface area contributed by atoms with E-state index in [0.717, 1.165) is 53.0 Å². The minimum Gasteiger partial charge on any atom is -0.465 e. The Kier molecular flexibility index (Phi) is 6.39. The zero-order valence-corrected chi connectivity index (χ0v) is 18.5. The maximum absolute atomic E-state index is 12.4. The number of nitrogens with zero attached hydrogens (tertiary/aromatic N) is 5. The van der Waals surface area contributed by atoms with Crippen molar-refractivity contribution >= 4 is 5.97 Å². The third-order valence-electron chi connectivity index (χ3n) is 5.54. The van der Waals surface area contributed by atoms with Crippen molar-refractivity contribution in [1.29, 1.82) is 0 Å². The minimum absolute atomic E-state index is 0.342. The number of benzene rings is 2. The van der Waals surface area contributed by atoms with E-state index in [9.17, 15) is 4.79 Å². The fourth-order valence-electron chi connectivity index (χ4n) is 3.83. The molecule has 0 saturated heterocycles. The van der Waals surface area contributed by atoms with Crippen molar-refractivity contribution in [3.8, 4) is 22.5 Å². The molecule has 0 unspecified atom stereocenters. The van der Waals surface area contributed by atoms with E-state index in [1.807, 2.05) is 35.9 Å². The number of hydrogen-bond acceptors (Lipinski definition) is 6. The molecule has 2 aromatic carbocycles. The van der Waals surface area contributed by atoms with Gasteiger partial charge in [0.1, 0.15) is 5.56 Å². The average Bonchev–Trinajstić information content (AvgIpc) is 3.46. The van der Waals surface area contributed by atoms with E-state index < -0.39 is 0 Å². The molecule has 0 aliphatic carbocycles. The molecule has 32 heavy (non-hydrogen) atoms. The lowest BCUT2D eigenvalue weighted by Crippen LogP contribution is -2.07. The molecule has 0 saturated carbocycles. The van der Waals surface area contributed by atoms with Crippen LogP contribution in [0.5, 0.6) is 0 Å². The summed E-state index contributed by atoms with van der Waals surface area (Å²) in [5.74, 6) is 0.214. The Morgan fingerprint density at radius 2 is 1.84 bits per heavy atom. The van der Waals surface area contributed by atoms with E-state index in [2.05, 4.69) is 51.8 Å². The number of tetrazole rings is 1. The number of rotatable bonds is 8. The van der Waals surface area contributed by atoms with Gasteiger partial charge in [-0.05, 0) is 35.2 Å². The van der Waals surface area contributed by atoms with Gasteiger partial charge in [-0.3, -0.25) is 4.68 Å². The summed E-state index contributed by atoms with van der Waals surface area (Å²) in [6, 6.07) is 16.2. The molecule has 0 amide bonds. The largest absolute Gasteiger partial charge is 0.465 e. The molecule has 8 heteroatoms. The molecule has 164 valence electrons. The van der Waals surface area contributed by atoms with Gasteiger partial charge in [0.2, 0.25) is 5.82 Å². The molecular formula is C24H26N6O2. The number of methoxy groups -OCH3 is 1. The number of H-pyrrole nitrogens is 1. The first kappa shape index (κ1) is 21.4. The smallest absolute Gasteiger partial charge is 0.341 e. The van der Waals surface area contributed by atoms with Crippen molar-refractivity contribution in [2.24, 2.45) is 0 Å². The summed E-state index contributed by atoms with van der Waals surface area (Å²) in [4.78, 5) is 12.4. The topological polar surface area (TPSA) is 98.6 Å². The maximum atomic E-state index is 12.4. The van der Waals surface area contributed by atoms with Gasteiger partial charge in [0.25, 0.3) is 0 Å². The lowest BCUT2D eigenvalue weighted by Gasteiger charge is -2.08. The molecule has 0 spiro atoms. The molecule has 0 atom stereocenters. The van der Waals surface area contributed by atoms with Crippen molar-refractivity contribution in [2.75, 3.05) is 7.11 Å². The molecule has 4 aromatic rings. The van der Waals surface area contributed by atoms with Crippen molar-refractivity contribution in [2.45, 2.75) is 39.7 Å².